The number of rotatable bonds is 4. The first-order chi connectivity index (χ1) is 8.35. The maximum atomic E-state index is 10.9. The van der Waals surface area contributed by atoms with Gasteiger partial charge in [-0.05, 0) is 54.9 Å². The van der Waals surface area contributed by atoms with Crippen molar-refractivity contribution in [2.45, 2.75) is 84.1 Å². The number of carboxylic acids is 1. The van der Waals surface area contributed by atoms with Crippen LogP contribution in [0.3, 0.4) is 0 Å². The highest BCUT2D eigenvalue weighted by Gasteiger charge is 2.50. The zero-order valence-corrected chi connectivity index (χ0v) is 13.4. The van der Waals surface area contributed by atoms with Gasteiger partial charge in [0.05, 0.1) is 17.6 Å². The van der Waals surface area contributed by atoms with Crippen LogP contribution in [0.2, 0.25) is 0 Å². The van der Waals surface area contributed by atoms with Crippen LogP contribution >= 0.6 is 0 Å². The van der Waals surface area contributed by atoms with Gasteiger partial charge in [0.25, 0.3) is 0 Å². The molecule has 1 fully saturated rings. The van der Waals surface area contributed by atoms with Gasteiger partial charge in [0, 0.05) is 18.1 Å². The van der Waals surface area contributed by atoms with Crippen LogP contribution in [0.25, 0.3) is 0 Å². The van der Waals surface area contributed by atoms with Crippen molar-refractivity contribution < 1.29 is 14.6 Å². The van der Waals surface area contributed by atoms with Crippen molar-refractivity contribution in [1.82, 2.24) is 4.90 Å². The molecule has 4 heteroatoms. The number of carboxylic acid groups (broad SMARTS) is 1. The maximum Gasteiger partial charge on any atom is 0.304 e. The van der Waals surface area contributed by atoms with Crippen LogP contribution in [0.1, 0.15) is 61.3 Å². The lowest BCUT2D eigenvalue weighted by Gasteiger charge is -2.44. The molecule has 0 spiro atoms. The summed E-state index contributed by atoms with van der Waals surface area (Å²) < 4.78 is 6.14. The molecule has 0 aromatic carbocycles. The molecule has 1 aliphatic rings. The summed E-state index contributed by atoms with van der Waals surface area (Å²) in [4.78, 5) is 13.2. The molecule has 0 saturated carbocycles. The molecule has 1 N–H and O–H groups in total. The SMILES string of the molecule is CC1(C)CC(N(CCC(=O)O)C(C)(C)C)C(C)(C)O1. The van der Waals surface area contributed by atoms with Gasteiger partial charge in [-0.15, -0.1) is 0 Å². The van der Waals surface area contributed by atoms with Crippen molar-refractivity contribution in [3.8, 4) is 0 Å². The minimum absolute atomic E-state index is 0.0683. The Morgan fingerprint density at radius 2 is 1.84 bits per heavy atom. The Labute approximate surface area is 117 Å². The summed E-state index contributed by atoms with van der Waals surface area (Å²) in [6.45, 7) is 15.4. The van der Waals surface area contributed by atoms with E-state index in [0.717, 1.165) is 6.42 Å². The summed E-state index contributed by atoms with van der Waals surface area (Å²) in [6.07, 6.45) is 1.10. The Balaban J connectivity index is 2.95. The van der Waals surface area contributed by atoms with Crippen molar-refractivity contribution in [3.05, 3.63) is 0 Å². The van der Waals surface area contributed by atoms with Gasteiger partial charge in [0.2, 0.25) is 0 Å². The van der Waals surface area contributed by atoms with Gasteiger partial charge in [0.1, 0.15) is 0 Å². The van der Waals surface area contributed by atoms with Crippen LogP contribution in [0, 0.1) is 0 Å². The quantitative estimate of drug-likeness (QED) is 0.854. The van der Waals surface area contributed by atoms with E-state index in [9.17, 15) is 4.79 Å². The predicted molar refractivity (Wildman–Crippen MR) is 76.4 cm³/mol. The standard InChI is InChI=1S/C15H29NO3/c1-13(2,3)16(9-8-12(17)18)11-10-14(4,5)19-15(11,6)7/h11H,8-10H2,1-7H3,(H,17,18). The molecule has 0 aromatic rings. The Morgan fingerprint density at radius 3 is 2.16 bits per heavy atom. The fraction of sp³-hybridized carbons (Fsp3) is 0.933. The van der Waals surface area contributed by atoms with E-state index >= 15 is 0 Å². The highest BCUT2D eigenvalue weighted by Crippen LogP contribution is 2.42. The molecule has 0 aliphatic carbocycles. The zero-order chi connectivity index (χ0) is 15.1. The second kappa shape index (κ2) is 5.06. The van der Waals surface area contributed by atoms with E-state index in [-0.39, 0.29) is 29.2 Å². The molecule has 1 saturated heterocycles. The maximum absolute atomic E-state index is 10.9. The normalized spacial score (nSPS) is 25.8. The summed E-state index contributed by atoms with van der Waals surface area (Å²) in [5.41, 5.74) is -0.475. The van der Waals surface area contributed by atoms with E-state index in [2.05, 4.69) is 53.4 Å². The van der Waals surface area contributed by atoms with Crippen molar-refractivity contribution in [2.24, 2.45) is 0 Å². The van der Waals surface area contributed by atoms with Crippen molar-refractivity contribution in [2.75, 3.05) is 6.54 Å². The van der Waals surface area contributed by atoms with E-state index in [0.29, 0.717) is 6.54 Å². The largest absolute Gasteiger partial charge is 0.481 e. The molecule has 19 heavy (non-hydrogen) atoms. The summed E-state index contributed by atoms with van der Waals surface area (Å²) in [6, 6.07) is 0.238. The molecule has 0 aromatic heterocycles. The average Bonchev–Trinajstić information content (AvgIpc) is 2.31. The van der Waals surface area contributed by atoms with Gasteiger partial charge in [-0.3, -0.25) is 9.69 Å². The van der Waals surface area contributed by atoms with Crippen molar-refractivity contribution >= 4 is 5.97 Å². The molecule has 1 aliphatic heterocycles. The van der Waals surface area contributed by atoms with E-state index in [1.54, 1.807) is 0 Å². The highest BCUT2D eigenvalue weighted by molar-refractivity contribution is 5.66. The first-order valence-electron chi connectivity index (χ1n) is 7.04. The topological polar surface area (TPSA) is 49.8 Å². The average molecular weight is 271 g/mol. The second-order valence-electron chi connectivity index (χ2n) is 7.69. The Hall–Kier alpha value is -0.610. The number of nitrogens with zero attached hydrogens (tertiary/aromatic N) is 1. The van der Waals surface area contributed by atoms with Crippen molar-refractivity contribution in [3.63, 3.8) is 0 Å². The van der Waals surface area contributed by atoms with Gasteiger partial charge in [-0.1, -0.05) is 0 Å². The first kappa shape index (κ1) is 16.4. The monoisotopic (exact) mass is 271 g/mol. The molecular formula is C15H29NO3. The van der Waals surface area contributed by atoms with Crippen LogP contribution < -0.4 is 0 Å². The second-order valence-corrected chi connectivity index (χ2v) is 7.69. The summed E-state index contributed by atoms with van der Waals surface area (Å²) in [5, 5.41) is 8.95. The Kier molecular flexibility index (Phi) is 4.38. The summed E-state index contributed by atoms with van der Waals surface area (Å²) in [5.74, 6) is -0.745. The minimum atomic E-state index is -0.745. The number of hydrogen-bond acceptors (Lipinski definition) is 3. The smallest absolute Gasteiger partial charge is 0.304 e. The van der Waals surface area contributed by atoms with Gasteiger partial charge in [-0.25, -0.2) is 0 Å². The van der Waals surface area contributed by atoms with E-state index in [4.69, 9.17) is 9.84 Å². The van der Waals surface area contributed by atoms with Crippen LogP contribution in [0.5, 0.6) is 0 Å². The van der Waals surface area contributed by atoms with Crippen LogP contribution in [-0.2, 0) is 9.53 Å². The molecule has 4 nitrogen and oxygen atoms in total. The molecule has 0 amide bonds. The van der Waals surface area contributed by atoms with Crippen LogP contribution in [0.4, 0.5) is 0 Å². The van der Waals surface area contributed by atoms with E-state index < -0.39 is 5.97 Å². The van der Waals surface area contributed by atoms with Gasteiger partial charge >= 0.3 is 5.97 Å². The molecule has 1 rings (SSSR count). The summed E-state index contributed by atoms with van der Waals surface area (Å²) in [7, 11) is 0. The van der Waals surface area contributed by atoms with Gasteiger partial charge in [0.15, 0.2) is 0 Å². The molecule has 1 heterocycles. The summed E-state index contributed by atoms with van der Waals surface area (Å²) >= 11 is 0. The third kappa shape index (κ3) is 4.18. The molecular weight excluding hydrogens is 242 g/mol. The third-order valence-corrected chi connectivity index (χ3v) is 3.83. The molecule has 0 radical (unpaired) electrons. The fourth-order valence-electron chi connectivity index (χ4n) is 3.19. The molecule has 112 valence electrons. The predicted octanol–water partition coefficient (Wildman–Crippen LogP) is 2.91. The Bertz CT molecular complexity index is 342. The first-order valence-corrected chi connectivity index (χ1v) is 7.04. The minimum Gasteiger partial charge on any atom is -0.481 e. The molecule has 0 bridgehead atoms. The number of aliphatic carboxylic acids is 1. The lowest BCUT2D eigenvalue weighted by atomic mass is 9.89. The van der Waals surface area contributed by atoms with E-state index in [1.165, 1.54) is 0 Å². The molecule has 1 unspecified atom stereocenters. The number of ether oxygens (including phenoxy) is 1. The fourth-order valence-corrected chi connectivity index (χ4v) is 3.19. The van der Waals surface area contributed by atoms with Crippen LogP contribution in [-0.4, -0.2) is 45.3 Å². The van der Waals surface area contributed by atoms with Crippen LogP contribution in [0.15, 0.2) is 0 Å². The number of hydrogen-bond donors (Lipinski definition) is 1. The lowest BCUT2D eigenvalue weighted by Crippen LogP contribution is -2.55. The Morgan fingerprint density at radius 1 is 1.32 bits per heavy atom. The lowest BCUT2D eigenvalue weighted by molar-refractivity contribution is -0.138. The highest BCUT2D eigenvalue weighted by atomic mass is 16.5. The molecule has 1 atom stereocenters. The van der Waals surface area contributed by atoms with Gasteiger partial charge in [-0.2, -0.15) is 0 Å². The zero-order valence-electron chi connectivity index (χ0n) is 13.4. The van der Waals surface area contributed by atoms with Gasteiger partial charge < -0.3 is 9.84 Å². The number of carbonyl (C=O) groups is 1. The van der Waals surface area contributed by atoms with Crippen molar-refractivity contribution in [1.29, 1.82) is 0 Å². The van der Waals surface area contributed by atoms with E-state index in [1.807, 2.05) is 0 Å². The third-order valence-electron chi connectivity index (χ3n) is 3.83.